The summed E-state index contributed by atoms with van der Waals surface area (Å²) in [4.78, 5) is 16.0. The van der Waals surface area contributed by atoms with Gasteiger partial charge in [0.2, 0.25) is 5.69 Å². The third-order valence-corrected chi connectivity index (χ3v) is 4.53. The van der Waals surface area contributed by atoms with E-state index in [1.165, 1.54) is 12.1 Å². The molecule has 0 spiro atoms. The van der Waals surface area contributed by atoms with E-state index < -0.39 is 0 Å². The van der Waals surface area contributed by atoms with Crippen molar-refractivity contribution >= 4 is 23.0 Å². The number of imidazole rings is 1. The Morgan fingerprint density at radius 1 is 1.07 bits per heavy atom. The van der Waals surface area contributed by atoms with Crippen molar-refractivity contribution in [3.8, 4) is 11.4 Å². The number of amides is 1. The third kappa shape index (κ3) is 3.55. The molecule has 0 saturated carbocycles. The van der Waals surface area contributed by atoms with Crippen molar-refractivity contribution in [2.24, 2.45) is 0 Å². The molecule has 0 aliphatic heterocycles. The first-order valence-electron chi connectivity index (χ1n) is 8.43. The maximum atomic E-state index is 13.0. The molecular weight excluding hydrogens is 365 g/mol. The summed E-state index contributed by atoms with van der Waals surface area (Å²) in [5.74, 6) is 0.222. The minimum Gasteiger partial charge on any atom is -0.345 e. The van der Waals surface area contributed by atoms with Gasteiger partial charge in [-0.15, -0.1) is 0 Å². The summed E-state index contributed by atoms with van der Waals surface area (Å²) < 4.78 is 14.9. The Morgan fingerprint density at radius 2 is 1.89 bits per heavy atom. The lowest BCUT2D eigenvalue weighted by atomic mass is 10.2. The molecule has 0 atom stereocenters. The van der Waals surface area contributed by atoms with Crippen LogP contribution in [0.3, 0.4) is 0 Å². The second kappa shape index (κ2) is 7.21. The maximum absolute atomic E-state index is 13.0. The summed E-state index contributed by atoms with van der Waals surface area (Å²) >= 11 is 6.11. The number of nitrogens with zero attached hydrogens (tertiary/aromatic N) is 1. The van der Waals surface area contributed by atoms with E-state index >= 15 is 0 Å². The Hall–Kier alpha value is -3.18. The van der Waals surface area contributed by atoms with Crippen LogP contribution < -0.4 is 9.72 Å². The lowest BCUT2D eigenvalue weighted by Gasteiger charge is -2.02. The molecule has 0 aliphatic carbocycles. The first-order chi connectivity index (χ1) is 13.1. The predicted molar refractivity (Wildman–Crippen MR) is 102 cm³/mol. The number of rotatable bonds is 4. The molecule has 27 heavy (non-hydrogen) atoms. The smallest absolute Gasteiger partial charge is 0.295 e. The average Bonchev–Trinajstić information content (AvgIpc) is 3.07. The number of H-pyrrole nitrogens is 1. The number of halogens is 2. The minimum absolute atomic E-state index is 0.240. The van der Waals surface area contributed by atoms with Gasteiger partial charge in [-0.2, -0.15) is 4.40 Å². The van der Waals surface area contributed by atoms with Crippen molar-refractivity contribution in [2.75, 3.05) is 0 Å². The highest BCUT2D eigenvalue weighted by Gasteiger charge is 2.24. The van der Waals surface area contributed by atoms with Gasteiger partial charge in [-0.25, -0.2) is 9.37 Å². The van der Waals surface area contributed by atoms with Crippen LogP contribution in [0.5, 0.6) is 0 Å². The van der Waals surface area contributed by atoms with Crippen LogP contribution in [0, 0.1) is 5.82 Å². The molecule has 0 aliphatic rings. The molecule has 4 rings (SSSR count). The van der Waals surface area contributed by atoms with E-state index in [0.29, 0.717) is 17.3 Å². The lowest BCUT2D eigenvalue weighted by Crippen LogP contribution is -2.25. The fraction of sp³-hybridized carbons (Fsp3) is 0.0476. The molecule has 0 saturated heterocycles. The van der Waals surface area contributed by atoms with E-state index in [9.17, 15) is 9.18 Å². The molecule has 134 valence electrons. The first-order valence-corrected chi connectivity index (χ1v) is 8.80. The molecule has 4 nitrogen and oxygen atoms in total. The summed E-state index contributed by atoms with van der Waals surface area (Å²) in [5, 5.41) is 3.49. The van der Waals surface area contributed by atoms with Crippen LogP contribution in [0.15, 0.2) is 72.9 Å². The van der Waals surface area contributed by atoms with Crippen LogP contribution in [-0.4, -0.2) is 10.9 Å². The van der Waals surface area contributed by atoms with Gasteiger partial charge in [-0.3, -0.25) is 4.79 Å². The summed E-state index contributed by atoms with van der Waals surface area (Å²) in [6, 6.07) is 19.1. The van der Waals surface area contributed by atoms with Gasteiger partial charge in [-0.05, 0) is 48.0 Å². The molecule has 0 bridgehead atoms. The Morgan fingerprint density at radius 3 is 2.67 bits per heavy atom. The van der Waals surface area contributed by atoms with E-state index in [2.05, 4.69) is 10.3 Å². The van der Waals surface area contributed by atoms with Gasteiger partial charge in [-0.1, -0.05) is 35.9 Å². The van der Waals surface area contributed by atoms with E-state index in [4.69, 9.17) is 11.6 Å². The zero-order valence-electron chi connectivity index (χ0n) is 14.2. The monoisotopic (exact) mass is 380 g/mol. The van der Waals surface area contributed by atoms with Gasteiger partial charge in [0.25, 0.3) is 11.7 Å². The van der Waals surface area contributed by atoms with Crippen LogP contribution >= 0.6 is 11.6 Å². The van der Waals surface area contributed by atoms with E-state index in [1.54, 1.807) is 18.2 Å². The van der Waals surface area contributed by atoms with Gasteiger partial charge in [0.1, 0.15) is 5.82 Å². The number of carbonyl (C=O) groups excluding carboxylic acids is 1. The standard InChI is InChI=1S/C21H15ClFN3O/c22-16-5-3-4-15(12-16)20-25-19(18-6-1-2-11-26(18)20)21(27)24-13-14-7-9-17(23)10-8-14/h1-12H,13H2,(H,24,27)/p+1. The summed E-state index contributed by atoms with van der Waals surface area (Å²) in [6.45, 7) is 0.309. The fourth-order valence-corrected chi connectivity index (χ4v) is 3.17. The number of nitrogens with one attached hydrogen (secondary N) is 2. The number of aromatic amines is 1. The number of pyridine rings is 1. The van der Waals surface area contributed by atoms with Gasteiger partial charge in [0.05, 0.1) is 11.8 Å². The van der Waals surface area contributed by atoms with Crippen molar-refractivity contribution in [3.63, 3.8) is 0 Å². The molecule has 0 radical (unpaired) electrons. The van der Waals surface area contributed by atoms with Gasteiger partial charge in [0, 0.05) is 11.6 Å². The molecule has 2 heterocycles. The molecule has 0 unspecified atom stereocenters. The van der Waals surface area contributed by atoms with Crippen molar-refractivity contribution in [3.05, 3.63) is 95.0 Å². The Bertz CT molecular complexity index is 1120. The first kappa shape index (κ1) is 17.2. The van der Waals surface area contributed by atoms with Crippen LogP contribution in [0.1, 0.15) is 16.1 Å². The zero-order chi connectivity index (χ0) is 18.8. The topological polar surface area (TPSA) is 49.0 Å². The summed E-state index contributed by atoms with van der Waals surface area (Å²) in [7, 11) is 0. The Balaban J connectivity index is 1.67. The molecule has 2 aromatic heterocycles. The number of fused-ring (bicyclic) bond motifs is 1. The second-order valence-electron chi connectivity index (χ2n) is 6.12. The highest BCUT2D eigenvalue weighted by Crippen LogP contribution is 2.21. The van der Waals surface area contributed by atoms with Crippen molar-refractivity contribution in [1.82, 2.24) is 10.3 Å². The quantitative estimate of drug-likeness (QED) is 0.513. The van der Waals surface area contributed by atoms with Crippen LogP contribution in [0.2, 0.25) is 5.02 Å². The minimum atomic E-state index is -0.303. The summed E-state index contributed by atoms with van der Waals surface area (Å²) in [5.41, 5.74) is 2.90. The Kier molecular flexibility index (Phi) is 4.60. The molecule has 2 N–H and O–H groups in total. The number of carbonyl (C=O) groups is 1. The van der Waals surface area contributed by atoms with Crippen LogP contribution in [0.25, 0.3) is 16.9 Å². The average molecular weight is 381 g/mol. The van der Waals surface area contributed by atoms with E-state index in [1.807, 2.05) is 47.0 Å². The number of hydrogen-bond donors (Lipinski definition) is 2. The molecule has 6 heteroatoms. The maximum Gasteiger partial charge on any atom is 0.295 e. The summed E-state index contributed by atoms with van der Waals surface area (Å²) in [6.07, 6.45) is 1.89. The molecule has 2 aromatic carbocycles. The second-order valence-corrected chi connectivity index (χ2v) is 6.56. The molecule has 1 amide bonds. The SMILES string of the molecule is O=C(NCc1ccc(F)cc1)c1[nH]c(-c2cccc(Cl)c2)[n+]2ccccc12. The Labute approximate surface area is 160 Å². The highest BCUT2D eigenvalue weighted by molar-refractivity contribution is 6.30. The number of benzene rings is 2. The predicted octanol–water partition coefficient (Wildman–Crippen LogP) is 4.14. The largest absolute Gasteiger partial charge is 0.345 e. The van der Waals surface area contributed by atoms with E-state index in [-0.39, 0.29) is 11.7 Å². The third-order valence-electron chi connectivity index (χ3n) is 4.29. The van der Waals surface area contributed by atoms with Gasteiger partial charge < -0.3 is 5.32 Å². The molecule has 4 aromatic rings. The number of aromatic nitrogens is 2. The lowest BCUT2D eigenvalue weighted by molar-refractivity contribution is -0.498. The zero-order valence-corrected chi connectivity index (χ0v) is 15.0. The molecular formula is C21H16ClFN3O+. The highest BCUT2D eigenvalue weighted by atomic mass is 35.5. The van der Waals surface area contributed by atoms with Crippen molar-refractivity contribution < 1.29 is 13.6 Å². The van der Waals surface area contributed by atoms with Crippen LogP contribution in [0.4, 0.5) is 4.39 Å². The number of hydrogen-bond acceptors (Lipinski definition) is 1. The van der Waals surface area contributed by atoms with Crippen molar-refractivity contribution in [1.29, 1.82) is 0 Å². The fourth-order valence-electron chi connectivity index (χ4n) is 2.98. The normalized spacial score (nSPS) is 10.9. The van der Waals surface area contributed by atoms with Gasteiger partial charge in [0.15, 0.2) is 5.52 Å². The van der Waals surface area contributed by atoms with E-state index in [0.717, 1.165) is 22.5 Å². The van der Waals surface area contributed by atoms with Crippen molar-refractivity contribution in [2.45, 2.75) is 6.54 Å². The van der Waals surface area contributed by atoms with Gasteiger partial charge >= 0.3 is 0 Å². The van der Waals surface area contributed by atoms with Crippen LogP contribution in [-0.2, 0) is 6.54 Å². The molecule has 0 fully saturated rings.